The molecular weight excluding hydrogens is 504 g/mol. The van der Waals surface area contributed by atoms with Gasteiger partial charge in [0.1, 0.15) is 0 Å². The highest BCUT2D eigenvalue weighted by Crippen LogP contribution is 2.33. The highest BCUT2D eigenvalue weighted by atomic mass is 16.1. The van der Waals surface area contributed by atoms with E-state index >= 15 is 0 Å². The fraction of sp³-hybridized carbons (Fsp3) is 0.946. The van der Waals surface area contributed by atoms with Crippen LogP contribution in [0.25, 0.3) is 0 Å². The van der Waals surface area contributed by atoms with E-state index in [1.807, 2.05) is 0 Å². The number of primary amides is 1. The lowest BCUT2D eigenvalue weighted by atomic mass is 9.78. The third-order valence-corrected chi connectivity index (χ3v) is 9.28. The molecule has 2 unspecified atom stereocenters. The number of nitrogens with one attached hydrogen (secondary N) is 1. The quantitative estimate of drug-likeness (QED) is 0.0760. The van der Waals surface area contributed by atoms with Crippen molar-refractivity contribution >= 4 is 11.8 Å². The first-order chi connectivity index (χ1) is 20.0. The van der Waals surface area contributed by atoms with Crippen molar-refractivity contribution in [1.29, 1.82) is 0 Å². The Balaban J connectivity index is 4.80. The van der Waals surface area contributed by atoms with Crippen LogP contribution in [0, 0.1) is 11.8 Å². The van der Waals surface area contributed by atoms with Gasteiger partial charge >= 0.3 is 0 Å². The summed E-state index contributed by atoms with van der Waals surface area (Å²) in [5.41, 5.74) is 5.31. The molecule has 41 heavy (non-hydrogen) atoms. The molecule has 0 aromatic rings. The molecule has 0 saturated heterocycles. The van der Waals surface area contributed by atoms with Crippen LogP contribution in [0.5, 0.6) is 0 Å². The van der Waals surface area contributed by atoms with Gasteiger partial charge in [-0.2, -0.15) is 0 Å². The molecule has 0 aliphatic carbocycles. The van der Waals surface area contributed by atoms with Crippen molar-refractivity contribution < 1.29 is 9.59 Å². The highest BCUT2D eigenvalue weighted by molar-refractivity contribution is 5.75. The number of hydrogen-bond acceptors (Lipinski definition) is 2. The molecule has 0 radical (unpaired) electrons. The maximum Gasteiger partial charge on any atom is 0.219 e. The zero-order valence-electron chi connectivity index (χ0n) is 28.3. The first-order valence-corrected chi connectivity index (χ1v) is 18.5. The molecule has 2 atom stereocenters. The van der Waals surface area contributed by atoms with E-state index in [0.29, 0.717) is 12.8 Å². The van der Waals surface area contributed by atoms with E-state index in [4.69, 9.17) is 5.73 Å². The maximum absolute atomic E-state index is 11.5. The Kier molecular flexibility index (Phi) is 31.0. The van der Waals surface area contributed by atoms with Crippen LogP contribution >= 0.6 is 0 Å². The topological polar surface area (TPSA) is 72.2 Å². The Morgan fingerprint density at radius 2 is 0.756 bits per heavy atom. The zero-order valence-corrected chi connectivity index (χ0v) is 28.3. The van der Waals surface area contributed by atoms with Crippen molar-refractivity contribution in [3.8, 4) is 0 Å². The Bertz CT molecular complexity index is 565. The third kappa shape index (κ3) is 28.8. The summed E-state index contributed by atoms with van der Waals surface area (Å²) >= 11 is 0. The molecule has 4 heteroatoms. The summed E-state index contributed by atoms with van der Waals surface area (Å²) in [5, 5.41) is 2.74. The van der Waals surface area contributed by atoms with Crippen LogP contribution in [0.1, 0.15) is 206 Å². The lowest BCUT2D eigenvalue weighted by Gasteiger charge is -2.28. The van der Waals surface area contributed by atoms with Gasteiger partial charge in [0, 0.05) is 19.9 Å². The minimum Gasteiger partial charge on any atom is -0.370 e. The molecule has 0 aromatic carbocycles. The van der Waals surface area contributed by atoms with Crippen LogP contribution in [0.3, 0.4) is 0 Å². The standard InChI is InChI=1S/C37H74N2O2/c1-4-6-8-10-12-16-22-28-34(30-24-18-14-20-26-32-36(38)40)35(29-23-17-13-11-9-7-5-2)31-25-19-15-21-27-33-37(41)39-3/h34-35H,4-33H2,1-3H3,(H2,38,40)(H,39,41). The molecule has 0 spiro atoms. The largest absolute Gasteiger partial charge is 0.370 e. The fourth-order valence-electron chi connectivity index (χ4n) is 6.54. The van der Waals surface area contributed by atoms with Gasteiger partial charge in [-0.1, -0.05) is 181 Å². The van der Waals surface area contributed by atoms with Crippen molar-refractivity contribution in [2.24, 2.45) is 17.6 Å². The third-order valence-electron chi connectivity index (χ3n) is 9.28. The highest BCUT2D eigenvalue weighted by Gasteiger charge is 2.20. The van der Waals surface area contributed by atoms with Crippen LogP contribution in [0.15, 0.2) is 0 Å². The van der Waals surface area contributed by atoms with Crippen LogP contribution in [0.2, 0.25) is 0 Å². The Morgan fingerprint density at radius 1 is 0.463 bits per heavy atom. The summed E-state index contributed by atoms with van der Waals surface area (Å²) < 4.78 is 0. The van der Waals surface area contributed by atoms with E-state index in [-0.39, 0.29) is 11.8 Å². The summed E-state index contributed by atoms with van der Waals surface area (Å²) in [5.74, 6) is 1.82. The van der Waals surface area contributed by atoms with Gasteiger partial charge in [0.05, 0.1) is 0 Å². The normalized spacial score (nSPS) is 12.9. The summed E-state index contributed by atoms with van der Waals surface area (Å²) in [7, 11) is 1.74. The number of rotatable bonds is 33. The predicted octanol–water partition coefficient (Wildman–Crippen LogP) is 11.2. The molecule has 244 valence electrons. The SMILES string of the molecule is CCCCCCCCCC(CCCCCCCC(N)=O)C(CCCCCCCCC)CCCCCCCC(=O)NC. The van der Waals surface area contributed by atoms with Crippen molar-refractivity contribution in [2.75, 3.05) is 7.05 Å². The average Bonchev–Trinajstić information content (AvgIpc) is 2.96. The second-order valence-corrected chi connectivity index (χ2v) is 13.1. The molecule has 0 fully saturated rings. The smallest absolute Gasteiger partial charge is 0.219 e. The minimum absolute atomic E-state index is 0.153. The summed E-state index contributed by atoms with van der Waals surface area (Å²) in [6, 6.07) is 0. The molecule has 3 N–H and O–H groups in total. The molecule has 4 nitrogen and oxygen atoms in total. The molecule has 0 saturated carbocycles. The Labute approximate surface area is 257 Å². The first-order valence-electron chi connectivity index (χ1n) is 18.5. The average molecular weight is 579 g/mol. The number of unbranched alkanes of at least 4 members (excludes halogenated alkanes) is 20. The second kappa shape index (κ2) is 31.9. The zero-order chi connectivity index (χ0) is 30.2. The van der Waals surface area contributed by atoms with E-state index in [0.717, 1.165) is 31.1 Å². The Hall–Kier alpha value is -1.06. The second-order valence-electron chi connectivity index (χ2n) is 13.1. The van der Waals surface area contributed by atoms with Crippen molar-refractivity contribution in [3.05, 3.63) is 0 Å². The summed E-state index contributed by atoms with van der Waals surface area (Å²) in [6.07, 6.45) is 38.8. The summed E-state index contributed by atoms with van der Waals surface area (Å²) in [6.45, 7) is 4.61. The molecule has 0 rings (SSSR count). The van der Waals surface area contributed by atoms with Crippen LogP contribution in [0.4, 0.5) is 0 Å². The molecule has 0 aromatic heterocycles. The number of hydrogen-bond donors (Lipinski definition) is 2. The molecule has 2 amide bonds. The van der Waals surface area contributed by atoms with E-state index in [9.17, 15) is 9.59 Å². The van der Waals surface area contributed by atoms with Crippen LogP contribution in [-0.4, -0.2) is 18.9 Å². The van der Waals surface area contributed by atoms with E-state index in [2.05, 4.69) is 19.2 Å². The van der Waals surface area contributed by atoms with Crippen molar-refractivity contribution in [3.63, 3.8) is 0 Å². The maximum atomic E-state index is 11.5. The van der Waals surface area contributed by atoms with Gasteiger partial charge in [-0.3, -0.25) is 9.59 Å². The summed E-state index contributed by atoms with van der Waals surface area (Å²) in [4.78, 5) is 22.5. The lowest BCUT2D eigenvalue weighted by molar-refractivity contribution is -0.120. The number of amides is 2. The predicted molar refractivity (Wildman–Crippen MR) is 180 cm³/mol. The number of carbonyl (C=O) groups is 2. The number of nitrogens with two attached hydrogens (primary N) is 1. The van der Waals surface area contributed by atoms with Gasteiger partial charge in [0.15, 0.2) is 0 Å². The van der Waals surface area contributed by atoms with Gasteiger partial charge in [-0.25, -0.2) is 0 Å². The monoisotopic (exact) mass is 579 g/mol. The van der Waals surface area contributed by atoms with Gasteiger partial charge in [0.25, 0.3) is 0 Å². The lowest BCUT2D eigenvalue weighted by Crippen LogP contribution is -2.17. The molecule has 0 aliphatic rings. The Morgan fingerprint density at radius 3 is 1.07 bits per heavy atom. The van der Waals surface area contributed by atoms with Gasteiger partial charge in [0.2, 0.25) is 11.8 Å². The van der Waals surface area contributed by atoms with Crippen LogP contribution in [-0.2, 0) is 9.59 Å². The minimum atomic E-state index is -0.153. The molecule has 0 aliphatic heterocycles. The van der Waals surface area contributed by atoms with E-state index in [1.165, 1.54) is 161 Å². The molecule has 0 bridgehead atoms. The van der Waals surface area contributed by atoms with Crippen molar-refractivity contribution in [1.82, 2.24) is 5.32 Å². The van der Waals surface area contributed by atoms with Crippen molar-refractivity contribution in [2.45, 2.75) is 206 Å². The molecular formula is C37H74N2O2. The molecule has 0 heterocycles. The van der Waals surface area contributed by atoms with E-state index < -0.39 is 0 Å². The van der Waals surface area contributed by atoms with Gasteiger partial charge in [-0.15, -0.1) is 0 Å². The van der Waals surface area contributed by atoms with Gasteiger partial charge < -0.3 is 11.1 Å². The number of carbonyl (C=O) groups excluding carboxylic acids is 2. The van der Waals surface area contributed by atoms with E-state index in [1.54, 1.807) is 7.05 Å². The van der Waals surface area contributed by atoms with Crippen LogP contribution < -0.4 is 11.1 Å². The first kappa shape index (κ1) is 39.9. The van der Waals surface area contributed by atoms with Gasteiger partial charge in [-0.05, 0) is 24.7 Å². The fourth-order valence-corrected chi connectivity index (χ4v) is 6.54.